The molecule has 0 radical (unpaired) electrons. The third-order valence-corrected chi connectivity index (χ3v) is 7.53. The highest BCUT2D eigenvalue weighted by Gasteiger charge is 2.36. The molecule has 1 aliphatic rings. The molecule has 4 rings (SSSR count). The largest absolute Gasteiger partial charge is 0.326 e. The zero-order chi connectivity index (χ0) is 24.5. The molecule has 0 spiro atoms. The minimum absolute atomic E-state index is 0.0275. The van der Waals surface area contributed by atoms with Crippen LogP contribution in [-0.4, -0.2) is 31.7 Å². The van der Waals surface area contributed by atoms with E-state index in [1.165, 1.54) is 41.3 Å². The number of nitrogens with one attached hydrogen (secondary N) is 1. The van der Waals surface area contributed by atoms with Crippen LogP contribution in [0.25, 0.3) is 0 Å². The lowest BCUT2D eigenvalue weighted by molar-refractivity contribution is -0.384. The molecule has 1 fully saturated rings. The van der Waals surface area contributed by atoms with E-state index in [1.54, 1.807) is 24.3 Å². The molecule has 1 saturated heterocycles. The van der Waals surface area contributed by atoms with Crippen LogP contribution < -0.4 is 10.2 Å². The van der Waals surface area contributed by atoms with E-state index in [4.69, 9.17) is 11.6 Å². The molecule has 0 aliphatic carbocycles. The number of hydrogen-bond acceptors (Lipinski definition) is 6. The number of amides is 2. The molecule has 1 unspecified atom stereocenters. The predicted molar refractivity (Wildman–Crippen MR) is 126 cm³/mol. The van der Waals surface area contributed by atoms with Crippen LogP contribution in [0.3, 0.4) is 0 Å². The van der Waals surface area contributed by atoms with Crippen molar-refractivity contribution in [2.45, 2.75) is 16.2 Å². The van der Waals surface area contributed by atoms with Crippen LogP contribution in [0.5, 0.6) is 0 Å². The second kappa shape index (κ2) is 9.24. The second-order valence-electron chi connectivity index (χ2n) is 7.62. The van der Waals surface area contributed by atoms with E-state index in [2.05, 4.69) is 5.32 Å². The smallest absolute Gasteiger partial charge is 0.269 e. The van der Waals surface area contributed by atoms with Gasteiger partial charge in [0, 0.05) is 30.8 Å². The van der Waals surface area contributed by atoms with E-state index in [0.29, 0.717) is 16.4 Å². The number of nitro benzene ring substituents is 1. The zero-order valence-corrected chi connectivity index (χ0v) is 19.1. The molecule has 9 nitrogen and oxygen atoms in total. The number of non-ortho nitro benzene ring substituents is 1. The maximum Gasteiger partial charge on any atom is 0.269 e. The third kappa shape index (κ3) is 4.63. The Hall–Kier alpha value is -3.76. The van der Waals surface area contributed by atoms with Gasteiger partial charge in [0.05, 0.1) is 31.3 Å². The molecular formula is C23H18ClN3O6S. The summed E-state index contributed by atoms with van der Waals surface area (Å²) in [6.07, 6.45) is 0.0314. The molecule has 2 amide bonds. The molecule has 11 heteroatoms. The summed E-state index contributed by atoms with van der Waals surface area (Å²) < 4.78 is 25.6. The van der Waals surface area contributed by atoms with Crippen LogP contribution in [0.2, 0.25) is 5.02 Å². The molecule has 0 aromatic heterocycles. The van der Waals surface area contributed by atoms with Crippen molar-refractivity contribution in [3.8, 4) is 0 Å². The molecule has 174 valence electrons. The highest BCUT2D eigenvalue weighted by Crippen LogP contribution is 2.31. The first-order valence-corrected chi connectivity index (χ1v) is 12.0. The number of sulfone groups is 1. The summed E-state index contributed by atoms with van der Waals surface area (Å²) in [5.41, 5.74) is 0.706. The summed E-state index contributed by atoms with van der Waals surface area (Å²) >= 11 is 6.17. The molecule has 0 bridgehead atoms. The van der Waals surface area contributed by atoms with Crippen molar-refractivity contribution in [1.82, 2.24) is 0 Å². The lowest BCUT2D eigenvalue weighted by atomic mass is 10.1. The molecule has 34 heavy (non-hydrogen) atoms. The van der Waals surface area contributed by atoms with E-state index >= 15 is 0 Å². The third-order valence-electron chi connectivity index (χ3n) is 5.43. The Labute approximate surface area is 200 Å². The monoisotopic (exact) mass is 499 g/mol. The van der Waals surface area contributed by atoms with Gasteiger partial charge in [-0.25, -0.2) is 8.42 Å². The molecule has 3 aromatic carbocycles. The van der Waals surface area contributed by atoms with E-state index in [1.807, 2.05) is 0 Å². The Morgan fingerprint density at radius 3 is 2.18 bits per heavy atom. The zero-order valence-electron chi connectivity index (χ0n) is 17.5. The van der Waals surface area contributed by atoms with Gasteiger partial charge in [-0.1, -0.05) is 23.7 Å². The van der Waals surface area contributed by atoms with Crippen LogP contribution in [0.4, 0.5) is 17.1 Å². The van der Waals surface area contributed by atoms with Gasteiger partial charge < -0.3 is 10.2 Å². The number of rotatable bonds is 6. The van der Waals surface area contributed by atoms with Gasteiger partial charge in [-0.2, -0.15) is 0 Å². The number of nitro groups is 1. The minimum atomic E-state index is -3.89. The molecule has 1 atom stereocenters. The van der Waals surface area contributed by atoms with Crippen LogP contribution in [-0.2, 0) is 19.4 Å². The predicted octanol–water partition coefficient (Wildman–Crippen LogP) is 4.07. The maximum absolute atomic E-state index is 12.8. The highest BCUT2D eigenvalue weighted by molar-refractivity contribution is 7.91. The fourth-order valence-electron chi connectivity index (χ4n) is 3.63. The molecule has 1 aliphatic heterocycles. The Morgan fingerprint density at radius 2 is 1.59 bits per heavy atom. The van der Waals surface area contributed by atoms with E-state index in [0.717, 1.165) is 12.1 Å². The van der Waals surface area contributed by atoms with E-state index in [-0.39, 0.29) is 40.3 Å². The van der Waals surface area contributed by atoms with Crippen molar-refractivity contribution >= 4 is 50.3 Å². The summed E-state index contributed by atoms with van der Waals surface area (Å²) in [5.74, 6) is -1.17. The van der Waals surface area contributed by atoms with Gasteiger partial charge in [0.15, 0.2) is 0 Å². The minimum Gasteiger partial charge on any atom is -0.326 e. The lowest BCUT2D eigenvalue weighted by Gasteiger charge is -2.18. The van der Waals surface area contributed by atoms with Crippen molar-refractivity contribution in [3.63, 3.8) is 0 Å². The van der Waals surface area contributed by atoms with E-state index in [9.17, 15) is 28.1 Å². The number of nitrogens with zero attached hydrogens (tertiary/aromatic N) is 2. The first-order chi connectivity index (χ1) is 16.2. The normalized spacial score (nSPS) is 15.9. The van der Waals surface area contributed by atoms with Crippen molar-refractivity contribution in [2.24, 2.45) is 5.92 Å². The number of halogens is 1. The Bertz CT molecular complexity index is 1370. The van der Waals surface area contributed by atoms with Gasteiger partial charge >= 0.3 is 0 Å². The molecule has 1 N–H and O–H groups in total. The molecule has 3 aromatic rings. The Kier molecular flexibility index (Phi) is 6.36. The van der Waals surface area contributed by atoms with Gasteiger partial charge in [-0.05, 0) is 48.5 Å². The van der Waals surface area contributed by atoms with Crippen LogP contribution in [0, 0.1) is 16.0 Å². The van der Waals surface area contributed by atoms with Crippen LogP contribution in [0.15, 0.2) is 82.6 Å². The summed E-state index contributed by atoms with van der Waals surface area (Å²) in [7, 11) is -3.89. The van der Waals surface area contributed by atoms with Crippen LogP contribution >= 0.6 is 11.6 Å². The van der Waals surface area contributed by atoms with E-state index < -0.39 is 20.7 Å². The molecule has 0 saturated carbocycles. The van der Waals surface area contributed by atoms with Gasteiger partial charge in [-0.3, -0.25) is 19.7 Å². The lowest BCUT2D eigenvalue weighted by Crippen LogP contribution is -2.28. The van der Waals surface area contributed by atoms with Gasteiger partial charge in [-0.15, -0.1) is 0 Å². The van der Waals surface area contributed by atoms with Gasteiger partial charge in [0.25, 0.3) is 5.69 Å². The number of carbonyl (C=O) groups excluding carboxylic acids is 2. The first-order valence-electron chi connectivity index (χ1n) is 10.1. The quantitative estimate of drug-likeness (QED) is 0.402. The summed E-state index contributed by atoms with van der Waals surface area (Å²) in [6.45, 7) is 0.182. The fraction of sp³-hybridized carbons (Fsp3) is 0.130. The first kappa shape index (κ1) is 23.4. The molecule has 1 heterocycles. The standard InChI is InChI=1S/C23H18ClN3O6S/c24-20-3-1-2-4-21(20)26-14-15(13-22(26)28)23(29)25-16-5-9-18(10-6-16)34(32,33)19-11-7-17(8-12-19)27(30)31/h1-12,15H,13-14H2,(H,25,29). The van der Waals surface area contributed by atoms with Crippen molar-refractivity contribution in [3.05, 3.63) is 87.9 Å². The Morgan fingerprint density at radius 1 is 1.00 bits per heavy atom. The topological polar surface area (TPSA) is 127 Å². The average Bonchev–Trinajstić information content (AvgIpc) is 3.21. The number of anilines is 2. The van der Waals surface area contributed by atoms with Gasteiger partial charge in [0.2, 0.25) is 21.7 Å². The summed E-state index contributed by atoms with van der Waals surface area (Å²) in [5, 5.41) is 13.9. The average molecular weight is 500 g/mol. The molecular weight excluding hydrogens is 482 g/mol. The number of benzene rings is 3. The Balaban J connectivity index is 1.44. The maximum atomic E-state index is 12.8. The van der Waals surface area contributed by atoms with Gasteiger partial charge in [0.1, 0.15) is 0 Å². The number of para-hydroxylation sites is 1. The van der Waals surface area contributed by atoms with Crippen molar-refractivity contribution < 1.29 is 22.9 Å². The van der Waals surface area contributed by atoms with Crippen molar-refractivity contribution in [2.75, 3.05) is 16.8 Å². The summed E-state index contributed by atoms with van der Waals surface area (Å²) in [4.78, 5) is 36.7. The SMILES string of the molecule is O=C(Nc1ccc(S(=O)(=O)c2ccc([N+](=O)[O-])cc2)cc1)C1CC(=O)N(c2ccccc2Cl)C1. The highest BCUT2D eigenvalue weighted by atomic mass is 35.5. The number of hydrogen-bond donors (Lipinski definition) is 1. The summed E-state index contributed by atoms with van der Waals surface area (Å²) in [6, 6.07) is 17.0. The van der Waals surface area contributed by atoms with Crippen molar-refractivity contribution in [1.29, 1.82) is 0 Å². The second-order valence-corrected chi connectivity index (χ2v) is 9.98. The van der Waals surface area contributed by atoms with Crippen LogP contribution in [0.1, 0.15) is 6.42 Å². The number of carbonyl (C=O) groups is 2. The fourth-order valence-corrected chi connectivity index (χ4v) is 5.13.